The van der Waals surface area contributed by atoms with E-state index >= 15 is 0 Å². The first-order chi connectivity index (χ1) is 17.3. The van der Waals surface area contributed by atoms with Crippen molar-refractivity contribution >= 4 is 56.0 Å². The Morgan fingerprint density at radius 2 is 1.78 bits per heavy atom. The number of aryl methyl sites for hydroxylation is 1. The van der Waals surface area contributed by atoms with Gasteiger partial charge in [-0.3, -0.25) is 9.69 Å². The van der Waals surface area contributed by atoms with Crippen molar-refractivity contribution in [3.8, 4) is 0 Å². The molecule has 0 atom stereocenters. The number of carbonyl (C=O) groups excluding carboxylic acids is 1. The van der Waals surface area contributed by atoms with Gasteiger partial charge < -0.3 is 14.1 Å². The molecule has 0 bridgehead atoms. The van der Waals surface area contributed by atoms with Crippen LogP contribution in [0.25, 0.3) is 6.08 Å². The SMILES string of the molecule is Cc1ccc(S(=O)(=O)c2nc(/C=C3\SC(=S)N(Cc4ccccc4)C3=O)oc2N2CCOCC2)cc1. The largest absolute Gasteiger partial charge is 0.420 e. The molecule has 0 unspecified atom stereocenters. The molecule has 1 amide bonds. The van der Waals surface area contributed by atoms with Gasteiger partial charge in [0, 0.05) is 19.2 Å². The number of nitrogens with zero attached hydrogens (tertiary/aromatic N) is 3. The summed E-state index contributed by atoms with van der Waals surface area (Å²) in [6, 6.07) is 16.1. The zero-order valence-electron chi connectivity index (χ0n) is 19.4. The van der Waals surface area contributed by atoms with Crippen LogP contribution in [-0.2, 0) is 25.9 Å². The van der Waals surface area contributed by atoms with Crippen molar-refractivity contribution in [2.24, 2.45) is 0 Å². The Hall–Kier alpha value is -2.99. The van der Waals surface area contributed by atoms with Crippen LogP contribution in [0, 0.1) is 6.92 Å². The van der Waals surface area contributed by atoms with E-state index in [0.29, 0.717) is 42.1 Å². The van der Waals surface area contributed by atoms with E-state index in [2.05, 4.69) is 4.98 Å². The number of sulfone groups is 1. The third-order valence-corrected chi connectivity index (χ3v) is 8.84. The van der Waals surface area contributed by atoms with Crippen LogP contribution in [0.5, 0.6) is 0 Å². The highest BCUT2D eigenvalue weighted by molar-refractivity contribution is 8.26. The number of ether oxygens (including phenoxy) is 1. The van der Waals surface area contributed by atoms with Gasteiger partial charge in [-0.15, -0.1) is 0 Å². The van der Waals surface area contributed by atoms with Gasteiger partial charge in [-0.05, 0) is 24.6 Å². The summed E-state index contributed by atoms with van der Waals surface area (Å²) >= 11 is 6.57. The van der Waals surface area contributed by atoms with Crippen molar-refractivity contribution < 1.29 is 22.4 Å². The van der Waals surface area contributed by atoms with Crippen LogP contribution in [-0.4, -0.2) is 54.8 Å². The first-order valence-electron chi connectivity index (χ1n) is 11.3. The second-order valence-corrected chi connectivity index (χ2v) is 11.9. The van der Waals surface area contributed by atoms with E-state index in [1.165, 1.54) is 11.0 Å². The third-order valence-electron chi connectivity index (χ3n) is 5.79. The number of hydrogen-bond acceptors (Lipinski definition) is 9. The van der Waals surface area contributed by atoms with Gasteiger partial charge in [0.05, 0.1) is 29.6 Å². The van der Waals surface area contributed by atoms with Crippen molar-refractivity contribution in [1.82, 2.24) is 9.88 Å². The fourth-order valence-electron chi connectivity index (χ4n) is 3.86. The molecule has 0 saturated carbocycles. The molecule has 8 nitrogen and oxygen atoms in total. The van der Waals surface area contributed by atoms with E-state index in [0.717, 1.165) is 22.9 Å². The summed E-state index contributed by atoms with van der Waals surface area (Å²) in [5.74, 6) is -0.102. The molecule has 2 saturated heterocycles. The predicted octanol–water partition coefficient (Wildman–Crippen LogP) is 4.05. The van der Waals surface area contributed by atoms with Crippen molar-refractivity contribution in [3.63, 3.8) is 0 Å². The highest BCUT2D eigenvalue weighted by Crippen LogP contribution is 2.36. The molecule has 0 spiro atoms. The van der Waals surface area contributed by atoms with Gasteiger partial charge >= 0.3 is 0 Å². The zero-order valence-corrected chi connectivity index (χ0v) is 21.9. The predicted molar refractivity (Wildman–Crippen MR) is 141 cm³/mol. The Kier molecular flexibility index (Phi) is 6.98. The number of aromatic nitrogens is 1. The molecule has 0 N–H and O–H groups in total. The second-order valence-electron chi connectivity index (χ2n) is 8.33. The molecule has 2 aliphatic heterocycles. The van der Waals surface area contributed by atoms with Gasteiger partial charge in [0.1, 0.15) is 4.32 Å². The van der Waals surface area contributed by atoms with Crippen LogP contribution in [0.2, 0.25) is 0 Å². The molecular formula is C25H23N3O5S3. The second kappa shape index (κ2) is 10.2. The van der Waals surface area contributed by atoms with Gasteiger partial charge in [-0.25, -0.2) is 8.42 Å². The van der Waals surface area contributed by atoms with Gasteiger partial charge in [0.25, 0.3) is 5.91 Å². The number of anilines is 1. The van der Waals surface area contributed by atoms with E-state index < -0.39 is 9.84 Å². The summed E-state index contributed by atoms with van der Waals surface area (Å²) in [6.07, 6.45) is 1.46. The lowest BCUT2D eigenvalue weighted by atomic mass is 10.2. The molecular weight excluding hydrogens is 518 g/mol. The standard InChI is InChI=1S/C25H23N3O5S3/c1-17-7-9-19(10-8-17)36(30,31)22-24(27-11-13-32-14-12-27)33-21(26-22)15-20-23(29)28(25(34)35-20)16-18-5-3-2-4-6-18/h2-10,15H,11-14,16H2,1H3/b20-15-. The lowest BCUT2D eigenvalue weighted by molar-refractivity contribution is -0.122. The number of thioether (sulfide) groups is 1. The van der Waals surface area contributed by atoms with E-state index in [1.54, 1.807) is 29.2 Å². The lowest BCUT2D eigenvalue weighted by Crippen LogP contribution is -2.36. The molecule has 11 heteroatoms. The number of rotatable bonds is 6. The Labute approximate surface area is 218 Å². The van der Waals surface area contributed by atoms with Gasteiger partial charge in [0.15, 0.2) is 0 Å². The molecule has 186 valence electrons. The third kappa shape index (κ3) is 4.96. The van der Waals surface area contributed by atoms with Crippen LogP contribution in [0.1, 0.15) is 17.0 Å². The number of oxazole rings is 1. The number of carbonyl (C=O) groups is 1. The minimum absolute atomic E-state index is 0.0300. The van der Waals surface area contributed by atoms with Crippen LogP contribution < -0.4 is 4.90 Å². The minimum Gasteiger partial charge on any atom is -0.420 e. The van der Waals surface area contributed by atoms with Crippen LogP contribution in [0.4, 0.5) is 5.88 Å². The normalized spacial score (nSPS) is 17.9. The Balaban J connectivity index is 1.50. The molecule has 3 aromatic rings. The van der Waals surface area contributed by atoms with E-state index in [-0.39, 0.29) is 27.6 Å². The highest BCUT2D eigenvalue weighted by atomic mass is 32.2. The molecule has 2 aliphatic rings. The fraction of sp³-hybridized carbons (Fsp3) is 0.240. The molecule has 2 aromatic carbocycles. The van der Waals surface area contributed by atoms with E-state index in [9.17, 15) is 13.2 Å². The zero-order chi connectivity index (χ0) is 25.3. The van der Waals surface area contributed by atoms with Gasteiger partial charge in [0.2, 0.25) is 26.6 Å². The molecule has 1 aromatic heterocycles. The van der Waals surface area contributed by atoms with Crippen molar-refractivity contribution in [3.05, 3.63) is 76.5 Å². The molecule has 36 heavy (non-hydrogen) atoms. The van der Waals surface area contributed by atoms with E-state index in [4.69, 9.17) is 21.4 Å². The minimum atomic E-state index is -3.97. The Bertz CT molecular complexity index is 1430. The number of benzene rings is 2. The lowest BCUT2D eigenvalue weighted by Gasteiger charge is -2.26. The molecule has 0 radical (unpaired) electrons. The maximum Gasteiger partial charge on any atom is 0.266 e. The van der Waals surface area contributed by atoms with Crippen molar-refractivity contribution in [1.29, 1.82) is 0 Å². The Morgan fingerprint density at radius 3 is 2.47 bits per heavy atom. The summed E-state index contributed by atoms with van der Waals surface area (Å²) in [6.45, 7) is 4.04. The summed E-state index contributed by atoms with van der Waals surface area (Å²) in [4.78, 5) is 21.2. The van der Waals surface area contributed by atoms with Crippen LogP contribution >= 0.6 is 24.0 Å². The monoisotopic (exact) mass is 541 g/mol. The first-order valence-corrected chi connectivity index (χ1v) is 14.0. The maximum absolute atomic E-state index is 13.5. The average Bonchev–Trinajstić information content (AvgIpc) is 3.43. The number of thiocarbonyl (C=S) groups is 1. The fourth-order valence-corrected chi connectivity index (χ4v) is 6.41. The quantitative estimate of drug-likeness (QED) is 0.338. The van der Waals surface area contributed by atoms with E-state index in [1.807, 2.05) is 37.3 Å². The summed E-state index contributed by atoms with van der Waals surface area (Å²) in [5, 5.41) is -0.181. The topological polar surface area (TPSA) is 93.0 Å². The molecule has 3 heterocycles. The molecule has 2 fully saturated rings. The van der Waals surface area contributed by atoms with Gasteiger partial charge in [-0.2, -0.15) is 4.98 Å². The average molecular weight is 542 g/mol. The first kappa shape index (κ1) is 24.7. The van der Waals surface area contributed by atoms with Crippen LogP contribution in [0.15, 0.2) is 73.8 Å². The summed E-state index contributed by atoms with van der Waals surface area (Å²) in [7, 11) is -3.97. The number of amides is 1. The molecule has 0 aliphatic carbocycles. The maximum atomic E-state index is 13.5. The summed E-state index contributed by atoms with van der Waals surface area (Å²) < 4.78 is 38.8. The Morgan fingerprint density at radius 1 is 1.08 bits per heavy atom. The highest BCUT2D eigenvalue weighted by Gasteiger charge is 2.35. The summed E-state index contributed by atoms with van der Waals surface area (Å²) in [5.41, 5.74) is 1.90. The van der Waals surface area contributed by atoms with Gasteiger partial charge in [-0.1, -0.05) is 72.0 Å². The van der Waals surface area contributed by atoms with Crippen LogP contribution in [0.3, 0.4) is 0 Å². The molecule has 5 rings (SSSR count). The van der Waals surface area contributed by atoms with Crippen molar-refractivity contribution in [2.75, 3.05) is 31.2 Å². The van der Waals surface area contributed by atoms with Crippen molar-refractivity contribution in [2.45, 2.75) is 23.4 Å². The smallest absolute Gasteiger partial charge is 0.266 e. The number of morpholine rings is 1. The number of hydrogen-bond donors (Lipinski definition) is 0.